The molecule has 2 aromatic rings. The third-order valence-electron chi connectivity index (χ3n) is 3.82. The number of nitrogens with zero attached hydrogens (tertiary/aromatic N) is 1. The SMILES string of the molecule is CCOc1ccc(CC(=O)N/N=C/c2cc(Cl)c(OCC(=O)OC)c(OC)c2)cc1. The highest BCUT2D eigenvalue weighted by molar-refractivity contribution is 6.32. The number of rotatable bonds is 10. The normalized spacial score (nSPS) is 10.5. The summed E-state index contributed by atoms with van der Waals surface area (Å²) < 4.78 is 20.5. The number of hydrazone groups is 1. The number of carbonyl (C=O) groups is 2. The molecule has 0 unspecified atom stereocenters. The summed E-state index contributed by atoms with van der Waals surface area (Å²) in [6, 6.07) is 10.5. The Labute approximate surface area is 179 Å². The van der Waals surface area contributed by atoms with E-state index in [9.17, 15) is 9.59 Å². The number of hydrogen-bond acceptors (Lipinski definition) is 7. The molecule has 0 saturated carbocycles. The zero-order valence-electron chi connectivity index (χ0n) is 16.9. The topological polar surface area (TPSA) is 95.5 Å². The Morgan fingerprint density at radius 3 is 2.50 bits per heavy atom. The summed E-state index contributed by atoms with van der Waals surface area (Å²) in [6.07, 6.45) is 1.60. The van der Waals surface area contributed by atoms with Crippen LogP contribution in [0, 0.1) is 0 Å². The van der Waals surface area contributed by atoms with Crippen LogP contribution < -0.4 is 19.6 Å². The van der Waals surface area contributed by atoms with Gasteiger partial charge in [-0.15, -0.1) is 0 Å². The first kappa shape index (κ1) is 23.0. The van der Waals surface area contributed by atoms with Gasteiger partial charge in [-0.25, -0.2) is 10.2 Å². The maximum absolute atomic E-state index is 12.1. The van der Waals surface area contributed by atoms with Crippen molar-refractivity contribution in [3.63, 3.8) is 0 Å². The van der Waals surface area contributed by atoms with Crippen LogP contribution in [0.5, 0.6) is 17.2 Å². The Morgan fingerprint density at radius 1 is 1.13 bits per heavy atom. The van der Waals surface area contributed by atoms with E-state index in [4.69, 9.17) is 25.8 Å². The van der Waals surface area contributed by atoms with Crippen molar-refractivity contribution in [3.05, 3.63) is 52.5 Å². The second kappa shape index (κ2) is 11.7. The summed E-state index contributed by atoms with van der Waals surface area (Å²) >= 11 is 6.21. The molecule has 0 aliphatic carbocycles. The lowest BCUT2D eigenvalue weighted by molar-refractivity contribution is -0.142. The van der Waals surface area contributed by atoms with E-state index >= 15 is 0 Å². The predicted molar refractivity (Wildman–Crippen MR) is 113 cm³/mol. The Balaban J connectivity index is 1.97. The molecular weight excluding hydrogens is 412 g/mol. The van der Waals surface area contributed by atoms with Gasteiger partial charge < -0.3 is 18.9 Å². The monoisotopic (exact) mass is 434 g/mol. The smallest absolute Gasteiger partial charge is 0.343 e. The van der Waals surface area contributed by atoms with Crippen LogP contribution in [0.2, 0.25) is 5.02 Å². The maximum Gasteiger partial charge on any atom is 0.343 e. The third kappa shape index (κ3) is 6.97. The fourth-order valence-electron chi connectivity index (χ4n) is 2.42. The van der Waals surface area contributed by atoms with Gasteiger partial charge in [0.15, 0.2) is 18.1 Å². The second-order valence-electron chi connectivity index (χ2n) is 5.95. The zero-order chi connectivity index (χ0) is 21.9. The highest BCUT2D eigenvalue weighted by Crippen LogP contribution is 2.36. The lowest BCUT2D eigenvalue weighted by Gasteiger charge is -2.12. The number of halogens is 1. The number of benzene rings is 2. The Bertz CT molecular complexity index is 899. The van der Waals surface area contributed by atoms with Crippen molar-refractivity contribution in [2.45, 2.75) is 13.3 Å². The molecule has 160 valence electrons. The van der Waals surface area contributed by atoms with Crippen LogP contribution in [-0.2, 0) is 20.7 Å². The van der Waals surface area contributed by atoms with Gasteiger partial charge in [0.25, 0.3) is 0 Å². The Hall–Kier alpha value is -3.26. The van der Waals surface area contributed by atoms with Crippen molar-refractivity contribution < 1.29 is 28.5 Å². The highest BCUT2D eigenvalue weighted by Gasteiger charge is 2.13. The molecule has 8 nitrogen and oxygen atoms in total. The van der Waals surface area contributed by atoms with Gasteiger partial charge in [0.1, 0.15) is 5.75 Å². The minimum Gasteiger partial charge on any atom is -0.494 e. The van der Waals surface area contributed by atoms with Crippen LogP contribution in [0.25, 0.3) is 0 Å². The molecule has 0 spiro atoms. The molecule has 0 saturated heterocycles. The molecule has 0 fully saturated rings. The van der Waals surface area contributed by atoms with E-state index in [-0.39, 0.29) is 29.7 Å². The highest BCUT2D eigenvalue weighted by atomic mass is 35.5. The van der Waals surface area contributed by atoms with Gasteiger partial charge >= 0.3 is 5.97 Å². The summed E-state index contributed by atoms with van der Waals surface area (Å²) in [7, 11) is 2.70. The van der Waals surface area contributed by atoms with Gasteiger partial charge in [-0.2, -0.15) is 5.10 Å². The van der Waals surface area contributed by atoms with E-state index in [1.165, 1.54) is 20.4 Å². The van der Waals surface area contributed by atoms with Crippen molar-refractivity contribution in [3.8, 4) is 17.2 Å². The number of ether oxygens (including phenoxy) is 4. The van der Waals surface area contributed by atoms with Crippen molar-refractivity contribution in [1.82, 2.24) is 5.43 Å². The molecule has 2 rings (SSSR count). The molecule has 1 N–H and O–H groups in total. The van der Waals surface area contributed by atoms with Crippen molar-refractivity contribution in [2.24, 2.45) is 5.10 Å². The van der Waals surface area contributed by atoms with E-state index in [0.717, 1.165) is 11.3 Å². The first-order valence-corrected chi connectivity index (χ1v) is 9.45. The Kier molecular flexibility index (Phi) is 8.96. The molecule has 0 aliphatic rings. The van der Waals surface area contributed by atoms with Crippen LogP contribution in [0.4, 0.5) is 0 Å². The van der Waals surface area contributed by atoms with Crippen LogP contribution >= 0.6 is 11.6 Å². The van der Waals surface area contributed by atoms with Gasteiger partial charge in [0, 0.05) is 0 Å². The molecule has 0 atom stereocenters. The number of carbonyl (C=O) groups excluding carboxylic acids is 2. The van der Waals surface area contributed by atoms with Gasteiger partial charge in [-0.3, -0.25) is 4.79 Å². The van der Waals surface area contributed by atoms with Gasteiger partial charge in [0.05, 0.1) is 38.5 Å². The van der Waals surface area contributed by atoms with E-state index in [2.05, 4.69) is 15.3 Å². The lowest BCUT2D eigenvalue weighted by atomic mass is 10.1. The quantitative estimate of drug-likeness (QED) is 0.351. The van der Waals surface area contributed by atoms with Crippen LogP contribution in [0.3, 0.4) is 0 Å². The van der Waals surface area contributed by atoms with E-state index in [1.54, 1.807) is 12.1 Å². The van der Waals surface area contributed by atoms with Crippen molar-refractivity contribution in [2.75, 3.05) is 27.4 Å². The molecule has 0 bridgehead atoms. The first-order chi connectivity index (χ1) is 14.5. The fourth-order valence-corrected chi connectivity index (χ4v) is 2.69. The van der Waals surface area contributed by atoms with Gasteiger partial charge in [-0.05, 0) is 42.3 Å². The molecule has 0 aliphatic heterocycles. The van der Waals surface area contributed by atoms with Gasteiger partial charge in [0.2, 0.25) is 5.91 Å². The summed E-state index contributed by atoms with van der Waals surface area (Å²) in [5, 5.41) is 4.16. The minimum atomic E-state index is -0.547. The van der Waals surface area contributed by atoms with E-state index < -0.39 is 5.97 Å². The van der Waals surface area contributed by atoms with Crippen LogP contribution in [0.1, 0.15) is 18.1 Å². The van der Waals surface area contributed by atoms with Crippen LogP contribution in [-0.4, -0.2) is 45.5 Å². The molecule has 1 amide bonds. The molecular formula is C21H23ClN2O6. The molecule has 30 heavy (non-hydrogen) atoms. The predicted octanol–water partition coefficient (Wildman–Crippen LogP) is 2.99. The lowest BCUT2D eigenvalue weighted by Crippen LogP contribution is -2.19. The summed E-state index contributed by atoms with van der Waals surface area (Å²) in [6.45, 7) is 2.19. The molecule has 0 aromatic heterocycles. The number of methoxy groups -OCH3 is 2. The largest absolute Gasteiger partial charge is 0.494 e. The number of amides is 1. The average Bonchev–Trinajstić information content (AvgIpc) is 2.74. The summed E-state index contributed by atoms with van der Waals surface area (Å²) in [5.41, 5.74) is 3.87. The summed E-state index contributed by atoms with van der Waals surface area (Å²) in [4.78, 5) is 23.3. The Morgan fingerprint density at radius 2 is 1.87 bits per heavy atom. The standard InChI is InChI=1S/C21H23ClN2O6/c1-4-29-16-7-5-14(6-8-16)11-19(25)24-23-12-15-9-17(22)21(18(10-15)27-2)30-13-20(26)28-3/h5-10,12H,4,11,13H2,1-3H3,(H,24,25)/b23-12+. The number of hydrogen-bond donors (Lipinski definition) is 1. The minimum absolute atomic E-state index is 0.175. The van der Waals surface area contributed by atoms with Crippen molar-refractivity contribution in [1.29, 1.82) is 0 Å². The first-order valence-electron chi connectivity index (χ1n) is 9.07. The van der Waals surface area contributed by atoms with Crippen LogP contribution in [0.15, 0.2) is 41.5 Å². The third-order valence-corrected chi connectivity index (χ3v) is 4.10. The van der Waals surface area contributed by atoms with E-state index in [1.807, 2.05) is 31.2 Å². The number of esters is 1. The average molecular weight is 435 g/mol. The molecule has 0 radical (unpaired) electrons. The zero-order valence-corrected chi connectivity index (χ0v) is 17.7. The molecule has 9 heteroatoms. The van der Waals surface area contributed by atoms with E-state index in [0.29, 0.717) is 17.9 Å². The maximum atomic E-state index is 12.1. The van der Waals surface area contributed by atoms with Gasteiger partial charge in [-0.1, -0.05) is 23.7 Å². The number of nitrogens with one attached hydrogen (secondary N) is 1. The fraction of sp³-hybridized carbons (Fsp3) is 0.286. The molecule has 0 heterocycles. The van der Waals surface area contributed by atoms with Crippen molar-refractivity contribution >= 4 is 29.7 Å². The summed E-state index contributed by atoms with van der Waals surface area (Å²) in [5.74, 6) is 0.458. The second-order valence-corrected chi connectivity index (χ2v) is 6.35. The molecule has 2 aromatic carbocycles.